The number of anilines is 1. The number of imidazole rings is 1. The summed E-state index contributed by atoms with van der Waals surface area (Å²) in [5.41, 5.74) is 6.00. The molecular formula is C10H18KN5NaO13P3. The van der Waals surface area contributed by atoms with Crippen LogP contribution in [-0.2, 0) is 31.6 Å². The van der Waals surface area contributed by atoms with E-state index in [2.05, 4.69) is 28.1 Å². The van der Waals surface area contributed by atoms with E-state index < -0.39 is 54.6 Å². The van der Waals surface area contributed by atoms with E-state index in [-0.39, 0.29) is 101 Å². The second-order valence-electron chi connectivity index (χ2n) is 6.02. The average molecular weight is 571 g/mol. The normalized spacial score (nSPS) is 26.7. The molecule has 0 saturated carbocycles. The molecule has 33 heavy (non-hydrogen) atoms. The van der Waals surface area contributed by atoms with Crippen LogP contribution in [0.4, 0.5) is 5.82 Å². The molecule has 1 saturated heterocycles. The molecular weight excluding hydrogens is 553 g/mol. The summed E-state index contributed by atoms with van der Waals surface area (Å²) in [7, 11) is -16.7. The zero-order valence-electron chi connectivity index (χ0n) is 18.9. The summed E-state index contributed by atoms with van der Waals surface area (Å²) in [5.74, 6) is 0.0426. The molecule has 0 aliphatic carbocycles. The van der Waals surface area contributed by atoms with E-state index >= 15 is 0 Å². The molecule has 3 rings (SSSR count). The van der Waals surface area contributed by atoms with Crippen LogP contribution < -0.4 is 86.7 Å². The molecule has 1 aliphatic rings. The molecule has 0 spiro atoms. The predicted molar refractivity (Wildman–Crippen MR) is 97.7 cm³/mol. The quantitative estimate of drug-likeness (QED) is 0.114. The first-order valence-electron chi connectivity index (χ1n) is 7.92. The van der Waals surface area contributed by atoms with Crippen LogP contribution in [0.2, 0.25) is 0 Å². The zero-order chi connectivity index (χ0) is 23.2. The van der Waals surface area contributed by atoms with Crippen LogP contribution in [0.1, 0.15) is 9.08 Å². The number of aliphatic hydroxyl groups excluding tert-OH is 2. The summed E-state index contributed by atoms with van der Waals surface area (Å²) in [6, 6.07) is 0. The largest absolute Gasteiger partial charge is 1.00 e. The molecule has 3 heterocycles. The van der Waals surface area contributed by atoms with Crippen LogP contribution in [-0.4, -0.2) is 74.2 Å². The number of nitrogens with two attached hydrogens (primary N) is 1. The third-order valence-corrected chi connectivity index (χ3v) is 7.62. The van der Waals surface area contributed by atoms with Gasteiger partial charge in [-0.15, -0.1) is 0 Å². The molecule has 1 fully saturated rings. The summed E-state index contributed by atoms with van der Waals surface area (Å²) in [4.78, 5) is 47.2. The van der Waals surface area contributed by atoms with Gasteiger partial charge < -0.3 is 43.1 Å². The van der Waals surface area contributed by atoms with E-state index in [4.69, 9.17) is 25.2 Å². The van der Waals surface area contributed by atoms with E-state index in [0.29, 0.717) is 0 Å². The minimum Gasteiger partial charge on any atom is -1.00 e. The number of phosphoric ester groups is 1. The van der Waals surface area contributed by atoms with Gasteiger partial charge in [0, 0.05) is 0 Å². The number of aromatic nitrogens is 4. The Morgan fingerprint density at radius 2 is 1.70 bits per heavy atom. The first-order valence-corrected chi connectivity index (χ1v) is 12.4. The molecule has 2 aromatic rings. The van der Waals surface area contributed by atoms with Gasteiger partial charge in [0.25, 0.3) is 0 Å². The minimum absolute atomic E-state index is 0. The van der Waals surface area contributed by atoms with Crippen molar-refractivity contribution in [2.75, 3.05) is 12.3 Å². The van der Waals surface area contributed by atoms with E-state index in [1.54, 1.807) is 0 Å². The number of ether oxygens (including phenoxy) is 1. The second kappa shape index (κ2) is 12.2. The summed E-state index contributed by atoms with van der Waals surface area (Å²) < 4.78 is 51.9. The standard InChI is InChI=1S/C10H16N5O13P3.K.Na.2H/c11-8-5-9(13-2-12-8)15(3-14-5)10-7(17)6(16)4(26-10)1-25-30(21,22)28-31(23,24)27-29(18,19)20;;;;/h2-4,6-7,10,16-17H,1H2,(H,21,22)(H,23,24)(H2,11,12,13)(H2,18,19,20);;;;/q;2*+1;2*-1/t4-,6-,7-,10-;;;;/m1..../s1. The van der Waals surface area contributed by atoms with Crippen molar-refractivity contribution >= 4 is 40.4 Å². The van der Waals surface area contributed by atoms with Crippen LogP contribution in [0.3, 0.4) is 0 Å². The van der Waals surface area contributed by atoms with Crippen LogP contribution >= 0.6 is 23.5 Å². The first kappa shape index (κ1) is 32.3. The molecule has 2 unspecified atom stereocenters. The Morgan fingerprint density at radius 1 is 1.06 bits per heavy atom. The monoisotopic (exact) mass is 571 g/mol. The number of nitrogens with zero attached hydrogens (tertiary/aromatic N) is 4. The van der Waals surface area contributed by atoms with Gasteiger partial charge in [0.2, 0.25) is 0 Å². The van der Waals surface area contributed by atoms with Crippen molar-refractivity contribution in [3.05, 3.63) is 12.7 Å². The Hall–Kier alpha value is 1.28. The summed E-state index contributed by atoms with van der Waals surface area (Å²) >= 11 is 0. The molecule has 0 bridgehead atoms. The minimum atomic E-state index is -5.70. The maximum atomic E-state index is 11.8. The Kier molecular flexibility index (Phi) is 12.0. The molecule has 8 N–H and O–H groups in total. The molecule has 2 aromatic heterocycles. The third-order valence-electron chi connectivity index (χ3n) is 3.82. The fraction of sp³-hybridized carbons (Fsp3) is 0.500. The Labute approximate surface area is 252 Å². The fourth-order valence-corrected chi connectivity index (χ4v) is 5.65. The van der Waals surface area contributed by atoms with Gasteiger partial charge in [0.15, 0.2) is 17.7 Å². The number of nitrogen functional groups attached to an aromatic ring is 1. The fourth-order valence-electron chi connectivity index (χ4n) is 2.62. The molecule has 1 aliphatic heterocycles. The van der Waals surface area contributed by atoms with Crippen molar-refractivity contribution in [1.82, 2.24) is 19.5 Å². The van der Waals surface area contributed by atoms with E-state index in [1.807, 2.05) is 0 Å². The van der Waals surface area contributed by atoms with Gasteiger partial charge in [-0.25, -0.2) is 28.6 Å². The second-order valence-corrected chi connectivity index (χ2v) is 10.4. The summed E-state index contributed by atoms with van der Waals surface area (Å²) in [5, 5.41) is 20.4. The summed E-state index contributed by atoms with van der Waals surface area (Å²) in [6.45, 7) is -0.956. The van der Waals surface area contributed by atoms with Gasteiger partial charge in [-0.3, -0.25) is 9.09 Å². The van der Waals surface area contributed by atoms with Crippen molar-refractivity contribution in [3.63, 3.8) is 0 Å². The van der Waals surface area contributed by atoms with E-state index in [9.17, 15) is 28.8 Å². The van der Waals surface area contributed by atoms with E-state index in [1.165, 1.54) is 10.9 Å². The number of fused-ring (bicyclic) bond motifs is 1. The average Bonchev–Trinajstić information content (AvgIpc) is 3.13. The van der Waals surface area contributed by atoms with Crippen molar-refractivity contribution in [3.8, 4) is 0 Å². The van der Waals surface area contributed by atoms with Crippen molar-refractivity contribution in [2.45, 2.75) is 24.5 Å². The van der Waals surface area contributed by atoms with Gasteiger partial charge in [-0.1, -0.05) is 0 Å². The smallest absolute Gasteiger partial charge is 1.00 e. The maximum Gasteiger partial charge on any atom is 1.00 e. The van der Waals surface area contributed by atoms with Gasteiger partial charge in [0.1, 0.15) is 30.2 Å². The van der Waals surface area contributed by atoms with Crippen LogP contribution in [0, 0.1) is 0 Å². The Balaban J connectivity index is 0. The van der Waals surface area contributed by atoms with Crippen molar-refractivity contribution in [1.29, 1.82) is 0 Å². The molecule has 6 atom stereocenters. The number of hydrogen-bond acceptors (Lipinski definition) is 13. The SMILES string of the molecule is Nc1ncnc2c1ncn2[C@@H]1O[C@H](COP(=O)(O)OP(=O)(O)OP(=O)(O)O)[C@@H](O)[C@H]1O.[H-].[H-].[K+].[Na+]. The maximum absolute atomic E-state index is 11.8. The molecule has 18 nitrogen and oxygen atoms in total. The molecule has 23 heteroatoms. The van der Waals surface area contributed by atoms with Gasteiger partial charge >= 0.3 is 104 Å². The first-order chi connectivity index (χ1) is 14.2. The van der Waals surface area contributed by atoms with Crippen molar-refractivity contribution in [2.24, 2.45) is 0 Å². The molecule has 0 aromatic carbocycles. The third kappa shape index (κ3) is 8.39. The Bertz CT molecular complexity index is 1130. The molecule has 178 valence electrons. The predicted octanol–water partition coefficient (Wildman–Crippen LogP) is -7.40. The van der Waals surface area contributed by atoms with Crippen LogP contribution in [0.15, 0.2) is 12.7 Å². The van der Waals surface area contributed by atoms with Gasteiger partial charge in [0.05, 0.1) is 12.9 Å². The van der Waals surface area contributed by atoms with Gasteiger partial charge in [-0.2, -0.15) is 8.62 Å². The van der Waals surface area contributed by atoms with Crippen molar-refractivity contribution < 1.29 is 145 Å². The van der Waals surface area contributed by atoms with Gasteiger partial charge in [-0.05, 0) is 0 Å². The number of phosphoric acid groups is 3. The number of hydrogen-bond donors (Lipinski definition) is 7. The Morgan fingerprint density at radius 3 is 2.30 bits per heavy atom. The van der Waals surface area contributed by atoms with Crippen LogP contribution in [0.5, 0.6) is 0 Å². The summed E-state index contributed by atoms with van der Waals surface area (Å²) in [6.07, 6.45) is -3.69. The number of rotatable bonds is 8. The zero-order valence-corrected chi connectivity index (χ0v) is 24.7. The van der Waals surface area contributed by atoms with E-state index in [0.717, 1.165) is 6.33 Å². The van der Waals surface area contributed by atoms with Crippen LogP contribution in [0.25, 0.3) is 11.2 Å². The number of aliphatic hydroxyl groups is 2. The molecule has 0 amide bonds. The topological polar surface area (TPSA) is 279 Å². The molecule has 0 radical (unpaired) electrons.